The molecule has 0 aromatic rings. The lowest BCUT2D eigenvalue weighted by Crippen LogP contribution is -2.42. The SMILES string of the molecule is CC(C)CNC(=O)CN1CCC(CCC(=O)O)CC1. The van der Waals surface area contributed by atoms with E-state index in [2.05, 4.69) is 24.1 Å². The minimum Gasteiger partial charge on any atom is -0.481 e. The number of carbonyl (C=O) groups is 2. The molecule has 5 nitrogen and oxygen atoms in total. The summed E-state index contributed by atoms with van der Waals surface area (Å²) in [5.41, 5.74) is 0. The lowest BCUT2D eigenvalue weighted by atomic mass is 9.92. The van der Waals surface area contributed by atoms with Crippen LogP contribution in [0.2, 0.25) is 0 Å². The van der Waals surface area contributed by atoms with Crippen LogP contribution in [0.5, 0.6) is 0 Å². The minimum absolute atomic E-state index is 0.0951. The van der Waals surface area contributed by atoms with Crippen LogP contribution in [0.1, 0.15) is 39.5 Å². The van der Waals surface area contributed by atoms with Gasteiger partial charge in [-0.3, -0.25) is 14.5 Å². The van der Waals surface area contributed by atoms with Crippen LogP contribution >= 0.6 is 0 Å². The number of hydrogen-bond donors (Lipinski definition) is 2. The van der Waals surface area contributed by atoms with Crippen LogP contribution < -0.4 is 5.32 Å². The molecule has 0 bridgehead atoms. The summed E-state index contributed by atoms with van der Waals surface area (Å²) in [5.74, 6) is 0.366. The fourth-order valence-corrected chi connectivity index (χ4v) is 2.34. The molecule has 1 rings (SSSR count). The normalized spacial score (nSPS) is 17.6. The highest BCUT2D eigenvalue weighted by atomic mass is 16.4. The number of nitrogens with one attached hydrogen (secondary N) is 1. The van der Waals surface area contributed by atoms with Gasteiger partial charge in [-0.15, -0.1) is 0 Å². The number of amides is 1. The molecule has 1 fully saturated rings. The van der Waals surface area contributed by atoms with Gasteiger partial charge in [-0.1, -0.05) is 13.8 Å². The second kappa shape index (κ2) is 8.15. The minimum atomic E-state index is -0.713. The molecule has 0 aromatic carbocycles. The largest absolute Gasteiger partial charge is 0.481 e. The van der Waals surface area contributed by atoms with Gasteiger partial charge in [0, 0.05) is 13.0 Å². The molecule has 0 radical (unpaired) electrons. The molecule has 110 valence electrons. The Morgan fingerprint density at radius 2 is 1.95 bits per heavy atom. The van der Waals surface area contributed by atoms with Gasteiger partial charge in [0.15, 0.2) is 0 Å². The summed E-state index contributed by atoms with van der Waals surface area (Å²) in [6.45, 7) is 7.16. The lowest BCUT2D eigenvalue weighted by Gasteiger charge is -2.31. The van der Waals surface area contributed by atoms with E-state index in [-0.39, 0.29) is 12.3 Å². The van der Waals surface area contributed by atoms with Crippen LogP contribution in [0.3, 0.4) is 0 Å². The van der Waals surface area contributed by atoms with E-state index in [0.717, 1.165) is 38.9 Å². The van der Waals surface area contributed by atoms with E-state index >= 15 is 0 Å². The molecule has 1 saturated heterocycles. The van der Waals surface area contributed by atoms with Crippen LogP contribution in [0, 0.1) is 11.8 Å². The number of likely N-dealkylation sites (tertiary alicyclic amines) is 1. The van der Waals surface area contributed by atoms with Gasteiger partial charge in [-0.05, 0) is 44.2 Å². The zero-order valence-electron chi connectivity index (χ0n) is 12.0. The maximum atomic E-state index is 11.7. The molecule has 19 heavy (non-hydrogen) atoms. The first-order valence-electron chi connectivity index (χ1n) is 7.18. The standard InChI is InChI=1S/C14H26N2O3/c1-11(2)9-15-13(17)10-16-7-5-12(6-8-16)3-4-14(18)19/h11-12H,3-10H2,1-2H3,(H,15,17)(H,18,19). The number of carboxylic acid groups (broad SMARTS) is 1. The summed E-state index contributed by atoms with van der Waals surface area (Å²) in [5, 5.41) is 11.6. The maximum absolute atomic E-state index is 11.7. The van der Waals surface area contributed by atoms with Crippen LogP contribution in [0.15, 0.2) is 0 Å². The summed E-state index contributed by atoms with van der Waals surface area (Å²) < 4.78 is 0. The average molecular weight is 270 g/mol. The third kappa shape index (κ3) is 7.15. The van der Waals surface area contributed by atoms with E-state index in [1.807, 2.05) is 0 Å². The van der Waals surface area contributed by atoms with E-state index in [0.29, 0.717) is 18.4 Å². The Bertz CT molecular complexity index is 297. The molecule has 1 aliphatic rings. The van der Waals surface area contributed by atoms with Crippen LogP contribution in [0.25, 0.3) is 0 Å². The van der Waals surface area contributed by atoms with Crippen molar-refractivity contribution < 1.29 is 14.7 Å². The van der Waals surface area contributed by atoms with Crippen molar-refractivity contribution in [3.8, 4) is 0 Å². The highest BCUT2D eigenvalue weighted by Gasteiger charge is 2.21. The fraction of sp³-hybridized carbons (Fsp3) is 0.857. The first-order valence-corrected chi connectivity index (χ1v) is 7.18. The van der Waals surface area contributed by atoms with E-state index in [1.165, 1.54) is 0 Å². The number of hydrogen-bond acceptors (Lipinski definition) is 3. The number of piperidine rings is 1. The average Bonchev–Trinajstić information content (AvgIpc) is 2.35. The third-order valence-corrected chi connectivity index (χ3v) is 3.55. The Hall–Kier alpha value is -1.10. The molecule has 1 amide bonds. The molecular formula is C14H26N2O3. The monoisotopic (exact) mass is 270 g/mol. The predicted octanol–water partition coefficient (Wildman–Crippen LogP) is 1.34. The van der Waals surface area contributed by atoms with Crippen molar-refractivity contribution in [3.05, 3.63) is 0 Å². The van der Waals surface area contributed by atoms with Gasteiger partial charge in [0.05, 0.1) is 6.54 Å². The highest BCUT2D eigenvalue weighted by Crippen LogP contribution is 2.21. The number of nitrogens with zero attached hydrogens (tertiary/aromatic N) is 1. The number of aliphatic carboxylic acids is 1. The Morgan fingerprint density at radius 1 is 1.32 bits per heavy atom. The molecule has 0 saturated carbocycles. The maximum Gasteiger partial charge on any atom is 0.303 e. The second-order valence-electron chi connectivity index (χ2n) is 5.85. The van der Waals surface area contributed by atoms with Gasteiger partial charge in [0.2, 0.25) is 5.91 Å². The number of rotatable bonds is 7. The summed E-state index contributed by atoms with van der Waals surface area (Å²) >= 11 is 0. The molecule has 5 heteroatoms. The van der Waals surface area contributed by atoms with Crippen molar-refractivity contribution in [2.24, 2.45) is 11.8 Å². The summed E-state index contributed by atoms with van der Waals surface area (Å²) in [4.78, 5) is 24.4. The van der Waals surface area contributed by atoms with Gasteiger partial charge < -0.3 is 10.4 Å². The molecular weight excluding hydrogens is 244 g/mol. The zero-order valence-corrected chi connectivity index (χ0v) is 12.0. The van der Waals surface area contributed by atoms with Gasteiger partial charge in [0.25, 0.3) is 0 Å². The van der Waals surface area contributed by atoms with Crippen molar-refractivity contribution in [1.29, 1.82) is 0 Å². The molecule has 1 heterocycles. The molecule has 1 aliphatic heterocycles. The van der Waals surface area contributed by atoms with Crippen molar-refractivity contribution in [1.82, 2.24) is 10.2 Å². The summed E-state index contributed by atoms with van der Waals surface area (Å²) in [6.07, 6.45) is 3.04. The second-order valence-corrected chi connectivity index (χ2v) is 5.85. The molecule has 0 atom stereocenters. The number of carboxylic acids is 1. The first-order chi connectivity index (χ1) is 8.97. The predicted molar refractivity (Wildman–Crippen MR) is 73.9 cm³/mol. The Labute approximate surface area is 115 Å². The van der Waals surface area contributed by atoms with Crippen molar-refractivity contribution in [3.63, 3.8) is 0 Å². The third-order valence-electron chi connectivity index (χ3n) is 3.55. The molecule has 0 aromatic heterocycles. The smallest absolute Gasteiger partial charge is 0.303 e. The molecule has 0 aliphatic carbocycles. The van der Waals surface area contributed by atoms with E-state index in [4.69, 9.17) is 5.11 Å². The molecule has 0 spiro atoms. The Kier molecular flexibility index (Phi) is 6.84. The van der Waals surface area contributed by atoms with Crippen LogP contribution in [0.4, 0.5) is 0 Å². The quantitative estimate of drug-likeness (QED) is 0.732. The number of carbonyl (C=O) groups excluding carboxylic acids is 1. The van der Waals surface area contributed by atoms with Crippen LogP contribution in [-0.4, -0.2) is 48.1 Å². The Morgan fingerprint density at radius 3 is 2.47 bits per heavy atom. The van der Waals surface area contributed by atoms with E-state index in [9.17, 15) is 9.59 Å². The van der Waals surface area contributed by atoms with Crippen molar-refractivity contribution in [2.45, 2.75) is 39.5 Å². The van der Waals surface area contributed by atoms with Gasteiger partial charge in [-0.25, -0.2) is 0 Å². The Balaban J connectivity index is 2.15. The molecule has 2 N–H and O–H groups in total. The van der Waals surface area contributed by atoms with Gasteiger partial charge in [-0.2, -0.15) is 0 Å². The van der Waals surface area contributed by atoms with E-state index < -0.39 is 5.97 Å². The van der Waals surface area contributed by atoms with Crippen LogP contribution in [-0.2, 0) is 9.59 Å². The first kappa shape index (κ1) is 16.0. The fourth-order valence-electron chi connectivity index (χ4n) is 2.34. The van der Waals surface area contributed by atoms with Crippen molar-refractivity contribution >= 4 is 11.9 Å². The van der Waals surface area contributed by atoms with Gasteiger partial charge >= 0.3 is 5.97 Å². The zero-order chi connectivity index (χ0) is 14.3. The molecule has 0 unspecified atom stereocenters. The van der Waals surface area contributed by atoms with Gasteiger partial charge in [0.1, 0.15) is 0 Å². The van der Waals surface area contributed by atoms with E-state index in [1.54, 1.807) is 0 Å². The summed E-state index contributed by atoms with van der Waals surface area (Å²) in [6, 6.07) is 0. The highest BCUT2D eigenvalue weighted by molar-refractivity contribution is 5.78. The topological polar surface area (TPSA) is 69.6 Å². The lowest BCUT2D eigenvalue weighted by molar-refractivity contribution is -0.137. The summed E-state index contributed by atoms with van der Waals surface area (Å²) in [7, 11) is 0. The van der Waals surface area contributed by atoms with Crippen molar-refractivity contribution in [2.75, 3.05) is 26.2 Å².